The number of aliphatic hydroxyl groups excluding tert-OH is 2. The minimum atomic E-state index is -0.850. The van der Waals surface area contributed by atoms with E-state index in [4.69, 9.17) is 4.74 Å². The topological polar surface area (TPSA) is 95.9 Å². The van der Waals surface area contributed by atoms with Crippen LogP contribution in [-0.4, -0.2) is 47.4 Å². The number of ether oxygens (including phenoxy) is 1. The zero-order valence-electron chi connectivity index (χ0n) is 41.2. The highest BCUT2D eigenvalue weighted by molar-refractivity contribution is 5.76. The molecule has 0 aliphatic heterocycles. The quantitative estimate of drug-likeness (QED) is 0.0322. The second-order valence-corrected chi connectivity index (χ2v) is 18.9. The van der Waals surface area contributed by atoms with E-state index in [9.17, 15) is 19.8 Å². The van der Waals surface area contributed by atoms with Crippen molar-refractivity contribution in [1.29, 1.82) is 0 Å². The van der Waals surface area contributed by atoms with Crippen LogP contribution >= 0.6 is 0 Å². The summed E-state index contributed by atoms with van der Waals surface area (Å²) in [5.41, 5.74) is 0. The van der Waals surface area contributed by atoms with Crippen LogP contribution in [0.1, 0.15) is 303 Å². The molecule has 0 aromatic rings. The van der Waals surface area contributed by atoms with Gasteiger partial charge in [-0.25, -0.2) is 0 Å². The molecule has 0 saturated carbocycles. The Kier molecular flexibility index (Phi) is 50.1. The third-order valence-electron chi connectivity index (χ3n) is 12.8. The number of allylic oxidation sites excluding steroid dienone is 1. The molecule has 0 rings (SSSR count). The van der Waals surface area contributed by atoms with Crippen LogP contribution in [0, 0.1) is 0 Å². The fraction of sp³-hybridized carbons (Fsp3) is 0.927. The van der Waals surface area contributed by atoms with Crippen molar-refractivity contribution in [1.82, 2.24) is 5.32 Å². The van der Waals surface area contributed by atoms with Crippen molar-refractivity contribution in [3.63, 3.8) is 0 Å². The first-order valence-corrected chi connectivity index (χ1v) is 27.5. The molecule has 0 bridgehead atoms. The van der Waals surface area contributed by atoms with E-state index in [2.05, 4.69) is 19.2 Å². The number of esters is 1. The average molecular weight is 862 g/mol. The molecular weight excluding hydrogens is 755 g/mol. The summed E-state index contributed by atoms with van der Waals surface area (Å²) in [5, 5.41) is 23.1. The van der Waals surface area contributed by atoms with Gasteiger partial charge in [0, 0.05) is 12.8 Å². The SMILES string of the molecule is CCCCCCCCCCCCCCC/C=C/C(O)C(CO)NC(=O)CCCCCCCCCCCCCCCCOC(=O)CCCCCCCCCCCCCCCCC. The van der Waals surface area contributed by atoms with E-state index in [1.54, 1.807) is 6.08 Å². The highest BCUT2D eigenvalue weighted by atomic mass is 16.5. The second kappa shape index (κ2) is 51.2. The molecule has 6 heteroatoms. The lowest BCUT2D eigenvalue weighted by Crippen LogP contribution is -2.45. The van der Waals surface area contributed by atoms with Gasteiger partial charge < -0.3 is 20.3 Å². The van der Waals surface area contributed by atoms with Gasteiger partial charge in [0.2, 0.25) is 5.91 Å². The van der Waals surface area contributed by atoms with E-state index in [-0.39, 0.29) is 18.5 Å². The zero-order chi connectivity index (χ0) is 44.4. The monoisotopic (exact) mass is 862 g/mol. The number of aliphatic hydroxyl groups is 2. The van der Waals surface area contributed by atoms with Gasteiger partial charge in [0.05, 0.1) is 25.4 Å². The minimum absolute atomic E-state index is 0.000211. The van der Waals surface area contributed by atoms with Gasteiger partial charge in [0.25, 0.3) is 0 Å². The number of carbonyl (C=O) groups excluding carboxylic acids is 2. The fourth-order valence-electron chi connectivity index (χ4n) is 8.58. The average Bonchev–Trinajstić information content (AvgIpc) is 3.26. The normalized spacial score (nSPS) is 12.7. The van der Waals surface area contributed by atoms with Gasteiger partial charge in [0.1, 0.15) is 0 Å². The Morgan fingerprint density at radius 3 is 1.11 bits per heavy atom. The summed E-state index contributed by atoms with van der Waals surface area (Å²) in [4.78, 5) is 24.5. The second-order valence-electron chi connectivity index (χ2n) is 18.9. The van der Waals surface area contributed by atoms with Crippen molar-refractivity contribution in [2.75, 3.05) is 13.2 Å². The lowest BCUT2D eigenvalue weighted by molar-refractivity contribution is -0.143. The number of rotatable bonds is 51. The smallest absolute Gasteiger partial charge is 0.305 e. The predicted molar refractivity (Wildman–Crippen MR) is 264 cm³/mol. The Bertz CT molecular complexity index is 909. The van der Waals surface area contributed by atoms with E-state index < -0.39 is 12.1 Å². The summed E-state index contributed by atoms with van der Waals surface area (Å²) >= 11 is 0. The van der Waals surface area contributed by atoms with E-state index in [0.29, 0.717) is 19.4 Å². The zero-order valence-corrected chi connectivity index (χ0v) is 41.2. The molecule has 0 aromatic heterocycles. The number of unbranched alkanes of at least 4 members (excludes halogenated alkanes) is 40. The number of nitrogens with one attached hydrogen (secondary N) is 1. The van der Waals surface area contributed by atoms with E-state index in [1.807, 2.05) is 6.08 Å². The van der Waals surface area contributed by atoms with Crippen LogP contribution < -0.4 is 5.32 Å². The maximum atomic E-state index is 12.4. The van der Waals surface area contributed by atoms with Crippen molar-refractivity contribution in [3.05, 3.63) is 12.2 Å². The molecule has 362 valence electrons. The van der Waals surface area contributed by atoms with Gasteiger partial charge in [-0.3, -0.25) is 9.59 Å². The summed E-state index contributed by atoms with van der Waals surface area (Å²) < 4.78 is 5.47. The lowest BCUT2D eigenvalue weighted by atomic mass is 10.0. The van der Waals surface area contributed by atoms with Crippen molar-refractivity contribution in [3.8, 4) is 0 Å². The first kappa shape index (κ1) is 59.6. The summed E-state index contributed by atoms with van der Waals surface area (Å²) in [6, 6.07) is -0.634. The molecule has 2 unspecified atom stereocenters. The predicted octanol–water partition coefficient (Wildman–Crippen LogP) is 16.5. The van der Waals surface area contributed by atoms with Gasteiger partial charge in [-0.05, 0) is 32.1 Å². The Balaban J connectivity index is 3.45. The third kappa shape index (κ3) is 47.9. The summed E-state index contributed by atoms with van der Waals surface area (Å²) in [6.45, 7) is 4.90. The van der Waals surface area contributed by atoms with Crippen molar-refractivity contribution in [2.24, 2.45) is 0 Å². The van der Waals surface area contributed by atoms with Gasteiger partial charge >= 0.3 is 5.97 Å². The number of carbonyl (C=O) groups is 2. The number of amides is 1. The van der Waals surface area contributed by atoms with Gasteiger partial charge in [-0.15, -0.1) is 0 Å². The van der Waals surface area contributed by atoms with E-state index >= 15 is 0 Å². The van der Waals surface area contributed by atoms with Gasteiger partial charge in [-0.1, -0.05) is 270 Å². The lowest BCUT2D eigenvalue weighted by Gasteiger charge is -2.20. The van der Waals surface area contributed by atoms with Crippen LogP contribution in [0.15, 0.2) is 12.2 Å². The Labute approximate surface area is 380 Å². The third-order valence-corrected chi connectivity index (χ3v) is 12.8. The van der Waals surface area contributed by atoms with Gasteiger partial charge in [0.15, 0.2) is 0 Å². The minimum Gasteiger partial charge on any atom is -0.466 e. The van der Waals surface area contributed by atoms with Crippen molar-refractivity contribution in [2.45, 2.75) is 315 Å². The molecule has 0 fully saturated rings. The molecule has 6 nitrogen and oxygen atoms in total. The van der Waals surface area contributed by atoms with Crippen LogP contribution in [0.25, 0.3) is 0 Å². The Morgan fingerprint density at radius 1 is 0.443 bits per heavy atom. The van der Waals surface area contributed by atoms with Crippen LogP contribution in [0.5, 0.6) is 0 Å². The van der Waals surface area contributed by atoms with Crippen molar-refractivity contribution < 1.29 is 24.5 Å². The number of hydrogen-bond acceptors (Lipinski definition) is 5. The Hall–Kier alpha value is -1.40. The van der Waals surface area contributed by atoms with Crippen molar-refractivity contribution >= 4 is 11.9 Å². The maximum Gasteiger partial charge on any atom is 0.305 e. The van der Waals surface area contributed by atoms with Crippen LogP contribution in [-0.2, 0) is 14.3 Å². The molecule has 3 N–H and O–H groups in total. The highest BCUT2D eigenvalue weighted by Crippen LogP contribution is 2.17. The molecule has 0 aromatic carbocycles. The fourth-order valence-corrected chi connectivity index (χ4v) is 8.58. The van der Waals surface area contributed by atoms with E-state index in [1.165, 1.54) is 218 Å². The molecule has 0 radical (unpaired) electrons. The van der Waals surface area contributed by atoms with Crippen LogP contribution in [0.3, 0.4) is 0 Å². The molecule has 0 heterocycles. The Morgan fingerprint density at radius 2 is 0.754 bits per heavy atom. The number of hydrogen-bond donors (Lipinski definition) is 3. The summed E-state index contributed by atoms with van der Waals surface area (Å²) in [7, 11) is 0. The molecule has 1 amide bonds. The summed E-state index contributed by atoms with van der Waals surface area (Å²) in [6.07, 6.45) is 59.3. The largest absolute Gasteiger partial charge is 0.466 e. The molecular formula is C55H107NO5. The molecule has 2 atom stereocenters. The van der Waals surface area contributed by atoms with Crippen LogP contribution in [0.2, 0.25) is 0 Å². The first-order chi connectivity index (χ1) is 30.0. The first-order valence-electron chi connectivity index (χ1n) is 27.5. The molecule has 0 saturated heterocycles. The summed E-state index contributed by atoms with van der Waals surface area (Å²) in [5.74, 6) is -0.0769. The van der Waals surface area contributed by atoms with E-state index in [0.717, 1.165) is 57.8 Å². The maximum absolute atomic E-state index is 12.4. The standard InChI is InChI=1S/C55H107NO5/c1-3-5-7-9-11-13-15-17-19-23-27-31-35-39-43-47-53(58)52(51-57)56-54(59)48-44-40-36-32-28-24-21-22-26-30-34-38-42-46-50-61-55(60)49-45-41-37-33-29-25-20-18-16-14-12-10-8-6-4-2/h43,47,52-53,57-58H,3-42,44-46,48-51H2,1-2H3,(H,56,59)/b47-43+. The molecule has 0 spiro atoms. The van der Waals surface area contributed by atoms with Gasteiger partial charge in [-0.2, -0.15) is 0 Å². The molecule has 0 aliphatic carbocycles. The highest BCUT2D eigenvalue weighted by Gasteiger charge is 2.18. The molecule has 0 aliphatic rings. The van der Waals surface area contributed by atoms with Crippen LogP contribution in [0.4, 0.5) is 0 Å². The molecule has 61 heavy (non-hydrogen) atoms.